The van der Waals surface area contributed by atoms with Gasteiger partial charge in [0.2, 0.25) is 5.91 Å². The molecule has 1 saturated carbocycles. The van der Waals surface area contributed by atoms with Crippen molar-refractivity contribution in [2.24, 2.45) is 0 Å². The van der Waals surface area contributed by atoms with E-state index in [1.54, 1.807) is 17.5 Å². The molecule has 2 aromatic rings. The maximum Gasteiger partial charge on any atom is 0.253 e. The van der Waals surface area contributed by atoms with Crippen molar-refractivity contribution < 1.29 is 13.2 Å². The molecule has 0 bridgehead atoms. The lowest BCUT2D eigenvalue weighted by Gasteiger charge is -2.39. The number of sulfonamides is 1. The number of hydrogen-bond acceptors (Lipinski definition) is 4. The maximum absolute atomic E-state index is 13.5. The van der Waals surface area contributed by atoms with Crippen molar-refractivity contribution in [1.29, 1.82) is 0 Å². The third-order valence-electron chi connectivity index (χ3n) is 6.02. The van der Waals surface area contributed by atoms with Crippen LogP contribution in [-0.4, -0.2) is 42.7 Å². The minimum atomic E-state index is -3.72. The Hall–Kier alpha value is -1.70. The molecule has 1 aliphatic carbocycles. The zero-order valence-electron chi connectivity index (χ0n) is 16.1. The first-order valence-electron chi connectivity index (χ1n) is 9.87. The summed E-state index contributed by atoms with van der Waals surface area (Å²) in [6.07, 6.45) is 5.91. The van der Waals surface area contributed by atoms with Crippen molar-refractivity contribution in [2.75, 3.05) is 7.05 Å². The molecule has 4 rings (SSSR count). The lowest BCUT2D eigenvalue weighted by atomic mass is 9.92. The van der Waals surface area contributed by atoms with Crippen molar-refractivity contribution in [3.05, 3.63) is 52.9 Å². The molecule has 1 amide bonds. The lowest BCUT2D eigenvalue weighted by Crippen LogP contribution is -2.54. The number of nitrogens with zero attached hydrogens (tertiary/aromatic N) is 2. The van der Waals surface area contributed by atoms with Crippen LogP contribution in [0.2, 0.25) is 0 Å². The number of likely N-dealkylation sites (N-methyl/N-ethyl adjacent to an activating group) is 1. The van der Waals surface area contributed by atoms with Gasteiger partial charge in [-0.3, -0.25) is 4.79 Å². The van der Waals surface area contributed by atoms with Crippen LogP contribution in [0.4, 0.5) is 0 Å². The number of carbonyl (C=O) groups is 1. The van der Waals surface area contributed by atoms with Gasteiger partial charge in [-0.05, 0) is 41.8 Å². The molecule has 1 aromatic carbocycles. The summed E-state index contributed by atoms with van der Waals surface area (Å²) in [5.41, 5.74) is 2.04. The number of rotatable bonds is 4. The Kier molecular flexibility index (Phi) is 5.58. The Morgan fingerprint density at radius 1 is 1.07 bits per heavy atom. The molecular formula is C21H26N2O3S2. The molecule has 1 aliphatic heterocycles. The Morgan fingerprint density at radius 2 is 1.79 bits per heavy atom. The Morgan fingerprint density at radius 3 is 2.46 bits per heavy atom. The van der Waals surface area contributed by atoms with Crippen LogP contribution in [0.3, 0.4) is 0 Å². The average Bonchev–Trinajstić information content (AvgIpc) is 3.28. The minimum absolute atomic E-state index is 0.0819. The summed E-state index contributed by atoms with van der Waals surface area (Å²) in [7, 11) is -1.87. The van der Waals surface area contributed by atoms with Crippen molar-refractivity contribution in [3.8, 4) is 0 Å². The van der Waals surface area contributed by atoms with Gasteiger partial charge in [-0.25, -0.2) is 8.42 Å². The second-order valence-electron chi connectivity index (χ2n) is 7.71. The van der Waals surface area contributed by atoms with Crippen LogP contribution in [0.25, 0.3) is 0 Å². The highest BCUT2D eigenvalue weighted by Gasteiger charge is 2.42. The molecule has 5 nitrogen and oxygen atoms in total. The molecule has 2 heterocycles. The molecule has 0 saturated heterocycles. The molecule has 0 N–H and O–H groups in total. The standard InChI is InChI=1S/C21H26N2O3S2/c1-22(18-10-3-2-4-11-18)21(24)19-14-16-8-5-6-9-17(16)15-23(19)28(25,26)20-12-7-13-27-20/h5-9,12-13,18-19H,2-4,10-11,14-15H2,1H3. The minimum Gasteiger partial charge on any atom is -0.341 e. The van der Waals surface area contributed by atoms with Crippen LogP contribution in [0.5, 0.6) is 0 Å². The van der Waals surface area contributed by atoms with Crippen LogP contribution in [0.15, 0.2) is 46.0 Å². The molecule has 7 heteroatoms. The number of amides is 1. The highest BCUT2D eigenvalue weighted by Crippen LogP contribution is 2.32. The first kappa shape index (κ1) is 19.6. The smallest absolute Gasteiger partial charge is 0.253 e. The molecule has 1 atom stereocenters. The topological polar surface area (TPSA) is 57.7 Å². The summed E-state index contributed by atoms with van der Waals surface area (Å²) >= 11 is 1.20. The van der Waals surface area contributed by atoms with E-state index in [2.05, 4.69) is 0 Å². The van der Waals surface area contributed by atoms with Gasteiger partial charge >= 0.3 is 0 Å². The van der Waals surface area contributed by atoms with Crippen LogP contribution < -0.4 is 0 Å². The summed E-state index contributed by atoms with van der Waals surface area (Å²) in [6.45, 7) is 0.241. The van der Waals surface area contributed by atoms with Gasteiger partial charge in [0.25, 0.3) is 10.0 Å². The molecule has 1 aromatic heterocycles. The van der Waals surface area contributed by atoms with Gasteiger partial charge in [-0.1, -0.05) is 49.6 Å². The van der Waals surface area contributed by atoms with Crippen molar-refractivity contribution in [1.82, 2.24) is 9.21 Å². The van der Waals surface area contributed by atoms with E-state index in [1.807, 2.05) is 36.2 Å². The first-order chi connectivity index (χ1) is 13.5. The number of carbonyl (C=O) groups excluding carboxylic acids is 1. The number of fused-ring (bicyclic) bond motifs is 1. The summed E-state index contributed by atoms with van der Waals surface area (Å²) in [4.78, 5) is 15.3. The van der Waals surface area contributed by atoms with E-state index in [0.29, 0.717) is 10.6 Å². The quantitative estimate of drug-likeness (QED) is 0.761. The zero-order chi connectivity index (χ0) is 19.7. The monoisotopic (exact) mass is 418 g/mol. The number of thiophene rings is 1. The van der Waals surface area contributed by atoms with Gasteiger partial charge in [0.1, 0.15) is 10.3 Å². The maximum atomic E-state index is 13.5. The third kappa shape index (κ3) is 3.63. The van der Waals surface area contributed by atoms with Crippen LogP contribution in [0.1, 0.15) is 43.2 Å². The van der Waals surface area contributed by atoms with Crippen LogP contribution >= 0.6 is 11.3 Å². The van der Waals surface area contributed by atoms with Gasteiger partial charge in [0.05, 0.1) is 0 Å². The second-order valence-corrected chi connectivity index (χ2v) is 10.8. The van der Waals surface area contributed by atoms with E-state index in [-0.39, 0.29) is 18.5 Å². The predicted molar refractivity (Wildman–Crippen MR) is 111 cm³/mol. The molecule has 1 fully saturated rings. The van der Waals surface area contributed by atoms with Crippen molar-refractivity contribution >= 4 is 27.3 Å². The highest BCUT2D eigenvalue weighted by molar-refractivity contribution is 7.91. The molecule has 150 valence electrons. The molecule has 2 aliphatic rings. The molecule has 0 radical (unpaired) electrons. The fourth-order valence-electron chi connectivity index (χ4n) is 4.37. The van der Waals surface area contributed by atoms with Crippen molar-refractivity contribution in [3.63, 3.8) is 0 Å². The zero-order valence-corrected chi connectivity index (χ0v) is 17.7. The summed E-state index contributed by atoms with van der Waals surface area (Å²) < 4.78 is 28.4. The highest BCUT2D eigenvalue weighted by atomic mass is 32.2. The number of hydrogen-bond donors (Lipinski definition) is 0. The average molecular weight is 419 g/mol. The molecule has 1 unspecified atom stereocenters. The summed E-state index contributed by atoms with van der Waals surface area (Å²) in [5.74, 6) is -0.0819. The third-order valence-corrected chi connectivity index (χ3v) is 9.25. The lowest BCUT2D eigenvalue weighted by molar-refractivity contribution is -0.137. The molecule has 28 heavy (non-hydrogen) atoms. The fourth-order valence-corrected chi connectivity index (χ4v) is 7.05. The summed E-state index contributed by atoms with van der Waals surface area (Å²) in [6, 6.07) is 10.7. The van der Waals surface area contributed by atoms with E-state index in [1.165, 1.54) is 22.1 Å². The Labute approximate surface area is 171 Å². The van der Waals surface area contributed by atoms with Gasteiger partial charge in [-0.2, -0.15) is 4.31 Å². The summed E-state index contributed by atoms with van der Waals surface area (Å²) in [5, 5.41) is 1.76. The normalized spacial score (nSPS) is 21.2. The Balaban J connectivity index is 1.68. The van der Waals surface area contributed by atoms with Crippen LogP contribution in [-0.2, 0) is 27.8 Å². The van der Waals surface area contributed by atoms with E-state index < -0.39 is 16.1 Å². The van der Waals surface area contributed by atoms with Gasteiger partial charge in [-0.15, -0.1) is 11.3 Å². The van der Waals surface area contributed by atoms with E-state index in [0.717, 1.165) is 36.8 Å². The SMILES string of the molecule is CN(C(=O)C1Cc2ccccc2CN1S(=O)(=O)c1cccs1)C1CCCCC1. The van der Waals surface area contributed by atoms with Gasteiger partial charge in [0, 0.05) is 19.6 Å². The van der Waals surface area contributed by atoms with E-state index >= 15 is 0 Å². The van der Waals surface area contributed by atoms with E-state index in [4.69, 9.17) is 0 Å². The number of benzene rings is 1. The fraction of sp³-hybridized carbons (Fsp3) is 0.476. The molecular weight excluding hydrogens is 392 g/mol. The predicted octanol–water partition coefficient (Wildman–Crippen LogP) is 3.65. The second kappa shape index (κ2) is 7.97. The largest absolute Gasteiger partial charge is 0.341 e. The van der Waals surface area contributed by atoms with Gasteiger partial charge < -0.3 is 4.90 Å². The van der Waals surface area contributed by atoms with E-state index in [9.17, 15) is 13.2 Å². The van der Waals surface area contributed by atoms with Crippen molar-refractivity contribution in [2.45, 2.75) is 61.4 Å². The molecule has 0 spiro atoms. The Bertz CT molecular complexity index is 934. The first-order valence-corrected chi connectivity index (χ1v) is 12.2. The van der Waals surface area contributed by atoms with Crippen LogP contribution in [0, 0.1) is 0 Å². The van der Waals surface area contributed by atoms with Gasteiger partial charge in [0.15, 0.2) is 0 Å².